The van der Waals surface area contributed by atoms with Crippen molar-refractivity contribution in [1.29, 1.82) is 0 Å². The summed E-state index contributed by atoms with van der Waals surface area (Å²) in [5.41, 5.74) is 0.972. The summed E-state index contributed by atoms with van der Waals surface area (Å²) in [5, 5.41) is 3.92. The van der Waals surface area contributed by atoms with Crippen molar-refractivity contribution in [3.05, 3.63) is 41.5 Å². The van der Waals surface area contributed by atoms with E-state index in [1.165, 1.54) is 6.26 Å². The van der Waals surface area contributed by atoms with Gasteiger partial charge in [0.25, 0.3) is 5.91 Å². The number of likely N-dealkylation sites (tertiary alicyclic amines) is 1. The second-order valence-electron chi connectivity index (χ2n) is 7.11. The standard InChI is InChI=1S/C18H21N3O4S/c1-26(23,24)16-3-2-8-19-17(16)13-6-9-21(10-7-13)18(22)14-11-15(25-20-14)12-4-5-12/h2-3,8,11-13H,4-7,9-10H2,1H3. The molecule has 3 heterocycles. The van der Waals surface area contributed by atoms with Gasteiger partial charge in [-0.2, -0.15) is 0 Å². The number of hydrogen-bond donors (Lipinski definition) is 0. The quantitative estimate of drug-likeness (QED) is 0.814. The lowest BCUT2D eigenvalue weighted by atomic mass is 9.93. The number of aromatic nitrogens is 2. The van der Waals surface area contributed by atoms with Crippen LogP contribution >= 0.6 is 0 Å². The van der Waals surface area contributed by atoms with Crippen molar-refractivity contribution in [3.63, 3.8) is 0 Å². The molecule has 7 nitrogen and oxygen atoms in total. The van der Waals surface area contributed by atoms with E-state index >= 15 is 0 Å². The van der Waals surface area contributed by atoms with E-state index < -0.39 is 9.84 Å². The molecule has 0 aromatic carbocycles. The first-order valence-electron chi connectivity index (χ1n) is 8.84. The summed E-state index contributed by atoms with van der Waals surface area (Å²) in [6.45, 7) is 1.10. The molecule has 4 rings (SSSR count). The maximum atomic E-state index is 12.6. The predicted molar refractivity (Wildman–Crippen MR) is 93.7 cm³/mol. The Balaban J connectivity index is 1.45. The Labute approximate surface area is 152 Å². The van der Waals surface area contributed by atoms with Crippen molar-refractivity contribution >= 4 is 15.7 Å². The number of piperidine rings is 1. The van der Waals surface area contributed by atoms with Crippen LogP contribution in [0.15, 0.2) is 33.8 Å². The van der Waals surface area contributed by atoms with Crippen molar-refractivity contribution < 1.29 is 17.7 Å². The van der Waals surface area contributed by atoms with E-state index in [1.807, 2.05) is 0 Å². The number of pyridine rings is 1. The number of carbonyl (C=O) groups excluding carboxylic acids is 1. The zero-order valence-corrected chi connectivity index (χ0v) is 15.4. The van der Waals surface area contributed by atoms with Gasteiger partial charge < -0.3 is 9.42 Å². The summed E-state index contributed by atoms with van der Waals surface area (Å²) >= 11 is 0. The zero-order chi connectivity index (χ0) is 18.3. The molecule has 2 fully saturated rings. The van der Waals surface area contributed by atoms with Gasteiger partial charge in [0.1, 0.15) is 5.76 Å². The molecule has 1 saturated heterocycles. The summed E-state index contributed by atoms with van der Waals surface area (Å²) in [4.78, 5) is 19.0. The van der Waals surface area contributed by atoms with Gasteiger partial charge in [-0.25, -0.2) is 8.42 Å². The second kappa shape index (κ2) is 6.50. The molecular weight excluding hydrogens is 354 g/mol. The van der Waals surface area contributed by atoms with Gasteiger partial charge in [0.15, 0.2) is 15.5 Å². The average Bonchev–Trinajstić information content (AvgIpc) is 3.37. The zero-order valence-electron chi connectivity index (χ0n) is 14.6. The smallest absolute Gasteiger partial charge is 0.276 e. The molecule has 2 aromatic heterocycles. The normalized spacial score (nSPS) is 18.9. The molecular formula is C18H21N3O4S. The number of rotatable bonds is 4. The first-order chi connectivity index (χ1) is 12.4. The Bertz CT molecular complexity index is 925. The van der Waals surface area contributed by atoms with Crippen molar-refractivity contribution in [1.82, 2.24) is 15.0 Å². The fraction of sp³-hybridized carbons (Fsp3) is 0.500. The Kier molecular flexibility index (Phi) is 4.30. The molecule has 1 saturated carbocycles. The summed E-state index contributed by atoms with van der Waals surface area (Å²) in [7, 11) is -3.32. The van der Waals surface area contributed by atoms with Gasteiger partial charge in [0.05, 0.1) is 10.6 Å². The molecule has 2 aromatic rings. The summed E-state index contributed by atoms with van der Waals surface area (Å²) in [6.07, 6.45) is 6.38. The number of carbonyl (C=O) groups is 1. The van der Waals surface area contributed by atoms with Crippen LogP contribution in [0.25, 0.3) is 0 Å². The summed E-state index contributed by atoms with van der Waals surface area (Å²) < 4.78 is 29.3. The van der Waals surface area contributed by atoms with Crippen molar-refractivity contribution in [2.75, 3.05) is 19.3 Å². The summed E-state index contributed by atoms with van der Waals surface area (Å²) in [5.74, 6) is 1.13. The van der Waals surface area contributed by atoms with Crippen molar-refractivity contribution in [3.8, 4) is 0 Å². The minimum absolute atomic E-state index is 0.0318. The molecule has 1 amide bonds. The lowest BCUT2D eigenvalue weighted by Crippen LogP contribution is -2.38. The maximum absolute atomic E-state index is 12.6. The van der Waals surface area contributed by atoms with Crippen LogP contribution in [-0.4, -0.2) is 48.7 Å². The summed E-state index contributed by atoms with van der Waals surface area (Å²) in [6, 6.07) is 5.00. The van der Waals surface area contributed by atoms with E-state index in [4.69, 9.17) is 4.52 Å². The topological polar surface area (TPSA) is 93.4 Å². The third-order valence-electron chi connectivity index (χ3n) is 5.10. The highest BCUT2D eigenvalue weighted by atomic mass is 32.2. The minimum atomic E-state index is -3.32. The molecule has 26 heavy (non-hydrogen) atoms. The SMILES string of the molecule is CS(=O)(=O)c1cccnc1C1CCN(C(=O)c2cc(C3CC3)on2)CC1. The van der Waals surface area contributed by atoms with Crippen LogP contribution in [0, 0.1) is 0 Å². The molecule has 0 radical (unpaired) electrons. The van der Waals surface area contributed by atoms with Gasteiger partial charge in [-0.05, 0) is 37.8 Å². The van der Waals surface area contributed by atoms with Crippen LogP contribution in [0.4, 0.5) is 0 Å². The van der Waals surface area contributed by atoms with Gasteiger partial charge in [-0.1, -0.05) is 5.16 Å². The first kappa shape index (κ1) is 17.2. The van der Waals surface area contributed by atoms with E-state index in [2.05, 4.69) is 10.1 Å². The lowest BCUT2D eigenvalue weighted by molar-refractivity contribution is 0.0701. The highest BCUT2D eigenvalue weighted by molar-refractivity contribution is 7.90. The van der Waals surface area contributed by atoms with Gasteiger partial charge in [0, 0.05) is 43.4 Å². The first-order valence-corrected chi connectivity index (χ1v) is 10.7. The van der Waals surface area contributed by atoms with E-state index in [0.717, 1.165) is 18.6 Å². The highest BCUT2D eigenvalue weighted by Crippen LogP contribution is 2.40. The number of sulfone groups is 1. The van der Waals surface area contributed by atoms with Crippen LogP contribution in [0.1, 0.15) is 59.5 Å². The number of hydrogen-bond acceptors (Lipinski definition) is 6. The fourth-order valence-electron chi connectivity index (χ4n) is 3.49. The van der Waals surface area contributed by atoms with Crippen molar-refractivity contribution in [2.45, 2.75) is 42.4 Å². The predicted octanol–water partition coefficient (Wildman–Crippen LogP) is 2.37. The van der Waals surface area contributed by atoms with E-state index in [0.29, 0.717) is 43.2 Å². The van der Waals surface area contributed by atoms with Gasteiger partial charge >= 0.3 is 0 Å². The van der Waals surface area contributed by atoms with E-state index in [1.54, 1.807) is 29.3 Å². The molecule has 2 aliphatic rings. The van der Waals surface area contributed by atoms with Gasteiger partial charge in [-0.15, -0.1) is 0 Å². The molecule has 0 bridgehead atoms. The molecule has 138 valence electrons. The van der Waals surface area contributed by atoms with E-state index in [9.17, 15) is 13.2 Å². The van der Waals surface area contributed by atoms with Crippen molar-refractivity contribution in [2.24, 2.45) is 0 Å². The maximum Gasteiger partial charge on any atom is 0.276 e. The molecule has 0 atom stereocenters. The fourth-order valence-corrected chi connectivity index (χ4v) is 4.42. The average molecular weight is 375 g/mol. The molecule has 1 aliphatic carbocycles. The Hall–Kier alpha value is -2.22. The third-order valence-corrected chi connectivity index (χ3v) is 6.24. The largest absolute Gasteiger partial charge is 0.360 e. The second-order valence-corrected chi connectivity index (χ2v) is 9.10. The third kappa shape index (κ3) is 3.38. The molecule has 0 N–H and O–H groups in total. The number of nitrogens with zero attached hydrogens (tertiary/aromatic N) is 3. The number of amides is 1. The minimum Gasteiger partial charge on any atom is -0.360 e. The lowest BCUT2D eigenvalue weighted by Gasteiger charge is -2.31. The monoisotopic (exact) mass is 375 g/mol. The van der Waals surface area contributed by atoms with Crippen LogP contribution in [0.5, 0.6) is 0 Å². The molecule has 0 unspecified atom stereocenters. The Morgan fingerprint density at radius 3 is 2.58 bits per heavy atom. The van der Waals surface area contributed by atoms with Gasteiger partial charge in [-0.3, -0.25) is 9.78 Å². The van der Waals surface area contributed by atoms with E-state index in [-0.39, 0.29) is 16.7 Å². The molecule has 1 aliphatic heterocycles. The highest BCUT2D eigenvalue weighted by Gasteiger charge is 2.32. The van der Waals surface area contributed by atoms with Crippen LogP contribution in [0.2, 0.25) is 0 Å². The molecule has 8 heteroatoms. The van der Waals surface area contributed by atoms with Crippen LogP contribution in [0.3, 0.4) is 0 Å². The Morgan fingerprint density at radius 2 is 1.92 bits per heavy atom. The molecule has 0 spiro atoms. The van der Waals surface area contributed by atoms with Gasteiger partial charge in [0.2, 0.25) is 0 Å². The Morgan fingerprint density at radius 1 is 1.19 bits per heavy atom. The van der Waals surface area contributed by atoms with Crippen LogP contribution in [-0.2, 0) is 9.84 Å². The van der Waals surface area contributed by atoms with Crippen LogP contribution < -0.4 is 0 Å².